The summed E-state index contributed by atoms with van der Waals surface area (Å²) >= 11 is 0. The molecule has 0 bridgehead atoms. The third kappa shape index (κ3) is 13.9. The van der Waals surface area contributed by atoms with Crippen molar-refractivity contribution in [3.05, 3.63) is 171 Å². The fourth-order valence-electron chi connectivity index (χ4n) is 8.59. The summed E-state index contributed by atoms with van der Waals surface area (Å²) in [6.45, 7) is 23.8. The van der Waals surface area contributed by atoms with E-state index in [1.807, 2.05) is 48.5 Å². The quantitative estimate of drug-likeness (QED) is 0.0411. The van der Waals surface area contributed by atoms with E-state index >= 15 is 0 Å². The minimum Gasteiger partial charge on any atom is -0.508 e. The lowest BCUT2D eigenvalue weighted by Crippen LogP contribution is -2.43. The molecule has 0 fully saturated rings. The smallest absolute Gasteiger partial charge is 0.248 e. The number of ether oxygens (including phenoxy) is 2. The molecule has 1 aromatic heterocycles. The highest BCUT2D eigenvalue weighted by molar-refractivity contribution is 6.74. The highest BCUT2D eigenvalue weighted by Crippen LogP contribution is 2.41. The van der Waals surface area contributed by atoms with Crippen molar-refractivity contribution in [1.82, 2.24) is 15.2 Å². The molecule has 8 nitrogen and oxygen atoms in total. The minimum atomic E-state index is -2.19. The Hall–Kier alpha value is -5.19. The molecule has 0 spiro atoms. The molecule has 6 aromatic rings. The lowest BCUT2D eigenvalue weighted by atomic mass is 9.86. The van der Waals surface area contributed by atoms with Crippen molar-refractivity contribution in [3.63, 3.8) is 0 Å². The van der Waals surface area contributed by atoms with Gasteiger partial charge in [-0.3, -0.25) is 9.69 Å². The van der Waals surface area contributed by atoms with E-state index in [9.17, 15) is 9.90 Å². The Morgan fingerprint density at radius 1 is 0.727 bits per heavy atom. The Balaban J connectivity index is 1.01. The van der Waals surface area contributed by atoms with E-state index in [1.165, 1.54) is 16.7 Å². The number of H-pyrrole nitrogens is 1. The van der Waals surface area contributed by atoms with Crippen molar-refractivity contribution in [2.75, 3.05) is 26.2 Å². The predicted octanol–water partition coefficient (Wildman–Crippen LogP) is 12.8. The second kappa shape index (κ2) is 23.5. The van der Waals surface area contributed by atoms with Gasteiger partial charge in [-0.15, -0.1) is 0 Å². The second-order valence-corrected chi connectivity index (χ2v) is 24.6. The summed E-state index contributed by atoms with van der Waals surface area (Å²) in [5, 5.41) is 15.8. The maximum absolute atomic E-state index is 12.6. The molecule has 0 amide bonds. The fraction of sp³-hybridized carbons (Fsp3) is 0.421. The first-order valence-electron chi connectivity index (χ1n) is 24.1. The van der Waals surface area contributed by atoms with Gasteiger partial charge in [-0.2, -0.15) is 0 Å². The van der Waals surface area contributed by atoms with Crippen LogP contribution in [0.5, 0.6) is 17.2 Å². The Morgan fingerprint density at radius 2 is 1.41 bits per heavy atom. The monoisotopic (exact) mass is 910 g/mol. The van der Waals surface area contributed by atoms with Crippen LogP contribution in [0.4, 0.5) is 0 Å². The third-order valence-corrected chi connectivity index (χ3v) is 17.8. The van der Waals surface area contributed by atoms with Gasteiger partial charge in [-0.1, -0.05) is 112 Å². The van der Waals surface area contributed by atoms with E-state index in [0.717, 1.165) is 73.0 Å². The average molecular weight is 910 g/mol. The largest absolute Gasteiger partial charge is 0.508 e. The molecule has 5 aromatic carbocycles. The van der Waals surface area contributed by atoms with Crippen molar-refractivity contribution in [3.8, 4) is 17.2 Å². The molecule has 1 heterocycles. The van der Waals surface area contributed by atoms with Crippen LogP contribution >= 0.6 is 0 Å². The van der Waals surface area contributed by atoms with Gasteiger partial charge in [0.15, 0.2) is 8.32 Å². The highest BCUT2D eigenvalue weighted by Gasteiger charge is 2.40. The number of aromatic amines is 1. The molecule has 0 aliphatic rings. The zero-order valence-electron chi connectivity index (χ0n) is 41.0. The highest BCUT2D eigenvalue weighted by atomic mass is 28.4. The number of aryl methyl sites for hydroxylation is 1. The van der Waals surface area contributed by atoms with Gasteiger partial charge in [0.05, 0.1) is 18.2 Å². The molecule has 352 valence electrons. The van der Waals surface area contributed by atoms with Crippen molar-refractivity contribution in [1.29, 1.82) is 0 Å². The number of aromatic hydroxyl groups is 1. The lowest BCUT2D eigenvalue weighted by molar-refractivity contribution is 0.170. The van der Waals surface area contributed by atoms with Gasteiger partial charge in [0.1, 0.15) is 23.9 Å². The van der Waals surface area contributed by atoms with Crippen LogP contribution < -0.4 is 20.3 Å². The van der Waals surface area contributed by atoms with Gasteiger partial charge in [-0.25, -0.2) is 0 Å². The van der Waals surface area contributed by atoms with Gasteiger partial charge in [-0.05, 0) is 149 Å². The average Bonchev–Trinajstić information content (AvgIpc) is 3.29. The number of fused-ring (bicyclic) bond motifs is 1. The van der Waals surface area contributed by atoms with Crippen LogP contribution in [0.15, 0.2) is 132 Å². The summed E-state index contributed by atoms with van der Waals surface area (Å²) in [6.07, 6.45) is 4.45. The zero-order chi connectivity index (χ0) is 47.3. The molecular weight excluding hydrogens is 835 g/mol. The van der Waals surface area contributed by atoms with E-state index in [0.29, 0.717) is 48.9 Å². The van der Waals surface area contributed by atoms with Gasteiger partial charge >= 0.3 is 0 Å². The number of unbranched alkanes of at least 4 members (excludes halogenated alkanes) is 1. The number of rotatable bonds is 24. The number of hydrogen-bond donors (Lipinski definition) is 3. The van der Waals surface area contributed by atoms with Crippen LogP contribution in [0, 0.1) is 0 Å². The van der Waals surface area contributed by atoms with Crippen LogP contribution in [-0.2, 0) is 23.9 Å². The normalized spacial score (nSPS) is 13.2. The van der Waals surface area contributed by atoms with E-state index in [1.54, 1.807) is 6.07 Å². The molecule has 6 rings (SSSR count). The summed E-state index contributed by atoms with van der Waals surface area (Å²) in [6, 6.07) is 43.8. The number of phenols is 1. The van der Waals surface area contributed by atoms with Crippen molar-refractivity contribution in [2.24, 2.45) is 0 Å². The number of nitrogens with one attached hydrogen (secondary N) is 2. The number of phenolic OH excluding ortho intramolecular Hbond substituents is 1. The first-order chi connectivity index (χ1) is 31.6. The van der Waals surface area contributed by atoms with Crippen LogP contribution in [0.25, 0.3) is 10.9 Å². The standard InChI is InChI=1S/C57H75N3O5Si/c1-41(2)60(42(3)4)36-34-48(46-21-14-11-15-22-46)51-38-44(25-30-52(51)61)18-16-17-37-63-47-26-23-43(24-27-47)33-35-58-39-54(65-66(8,9)57(5,6)7)49-28-31-53(56-50(49)29-32-55(62)59-56)64-40-45-19-12-10-13-20-45/h10-15,19-32,38,41-42,48,54,58,61H,16-18,33-37,39-40H2,1-9H3,(H,59,62)/t48-,54+/m1/s1. The van der Waals surface area contributed by atoms with Crippen LogP contribution in [0.2, 0.25) is 18.1 Å². The van der Waals surface area contributed by atoms with Crippen LogP contribution in [-0.4, -0.2) is 61.6 Å². The van der Waals surface area contributed by atoms with E-state index in [-0.39, 0.29) is 22.6 Å². The Bertz CT molecular complexity index is 2460. The fourth-order valence-corrected chi connectivity index (χ4v) is 9.86. The zero-order valence-corrected chi connectivity index (χ0v) is 42.0. The topological polar surface area (TPSA) is 96.1 Å². The summed E-state index contributed by atoms with van der Waals surface area (Å²) in [5.74, 6) is 2.01. The van der Waals surface area contributed by atoms with Gasteiger partial charge < -0.3 is 29.3 Å². The van der Waals surface area contributed by atoms with E-state index in [2.05, 4.69) is 150 Å². The van der Waals surface area contributed by atoms with Crippen LogP contribution in [0.3, 0.4) is 0 Å². The summed E-state index contributed by atoms with van der Waals surface area (Å²) in [7, 11) is -2.19. The van der Waals surface area contributed by atoms with Gasteiger partial charge in [0.25, 0.3) is 0 Å². The van der Waals surface area contributed by atoms with Crippen molar-refractivity contribution < 1.29 is 19.0 Å². The van der Waals surface area contributed by atoms with E-state index in [4.69, 9.17) is 13.9 Å². The summed E-state index contributed by atoms with van der Waals surface area (Å²) in [4.78, 5) is 18.2. The Kier molecular flexibility index (Phi) is 17.9. The first kappa shape index (κ1) is 50.2. The van der Waals surface area contributed by atoms with Crippen molar-refractivity contribution >= 4 is 19.2 Å². The Morgan fingerprint density at radius 3 is 2.09 bits per heavy atom. The molecule has 0 saturated heterocycles. The van der Waals surface area contributed by atoms with Crippen LogP contribution in [0.1, 0.15) is 113 Å². The maximum Gasteiger partial charge on any atom is 0.248 e. The molecule has 0 aliphatic carbocycles. The molecule has 0 saturated carbocycles. The third-order valence-electron chi connectivity index (χ3n) is 13.4. The summed E-state index contributed by atoms with van der Waals surface area (Å²) in [5.41, 5.74) is 7.35. The van der Waals surface area contributed by atoms with Gasteiger partial charge in [0.2, 0.25) is 5.56 Å². The van der Waals surface area contributed by atoms with E-state index < -0.39 is 8.32 Å². The maximum atomic E-state index is 12.6. The molecule has 66 heavy (non-hydrogen) atoms. The molecule has 0 unspecified atom stereocenters. The number of pyridine rings is 1. The second-order valence-electron chi connectivity index (χ2n) is 19.9. The Labute approximate surface area is 395 Å². The summed E-state index contributed by atoms with van der Waals surface area (Å²) < 4.78 is 19.6. The molecular formula is C57H75N3O5Si. The molecule has 0 radical (unpaired) electrons. The SMILES string of the molecule is CC(C)N(CC[C@H](c1ccccc1)c1cc(CCCCOc2ccc(CCNC[C@H](O[Si](C)(C)C(C)(C)C)c3ccc(OCc4ccccc4)c4[nH]c(=O)ccc34)cc2)ccc1O)C(C)C. The predicted molar refractivity (Wildman–Crippen MR) is 276 cm³/mol. The first-order valence-corrected chi connectivity index (χ1v) is 27.1. The minimum absolute atomic E-state index is 0.0186. The lowest BCUT2D eigenvalue weighted by Gasteiger charge is -2.39. The number of nitrogens with zero attached hydrogens (tertiary/aromatic N) is 1. The van der Waals surface area contributed by atoms with Gasteiger partial charge in [0, 0.05) is 41.6 Å². The molecule has 2 atom stereocenters. The number of benzene rings is 5. The van der Waals surface area contributed by atoms with Crippen molar-refractivity contribution in [2.45, 2.75) is 129 Å². The molecule has 3 N–H and O–H groups in total. The number of aromatic nitrogens is 1. The molecule has 9 heteroatoms. The molecule has 0 aliphatic heterocycles. The number of hydrogen-bond acceptors (Lipinski definition) is 7.